The van der Waals surface area contributed by atoms with Gasteiger partial charge in [-0.2, -0.15) is 10.2 Å². The first-order valence-electron chi connectivity index (χ1n) is 8.15. The molecular weight excluding hydrogens is 296 g/mol. The van der Waals surface area contributed by atoms with Crippen molar-refractivity contribution in [2.24, 2.45) is 0 Å². The van der Waals surface area contributed by atoms with E-state index in [-0.39, 0.29) is 6.10 Å². The van der Waals surface area contributed by atoms with E-state index in [4.69, 9.17) is 4.74 Å². The van der Waals surface area contributed by atoms with Crippen molar-refractivity contribution >= 4 is 0 Å². The maximum atomic E-state index is 10.2. The summed E-state index contributed by atoms with van der Waals surface area (Å²) < 4.78 is 7.53. The molecule has 2 unspecified atom stereocenters. The van der Waals surface area contributed by atoms with Crippen molar-refractivity contribution in [3.8, 4) is 0 Å². The first-order valence-corrected chi connectivity index (χ1v) is 8.15. The van der Waals surface area contributed by atoms with E-state index in [1.165, 1.54) is 0 Å². The number of rotatable bonds is 7. The van der Waals surface area contributed by atoms with Crippen LogP contribution in [0.2, 0.25) is 0 Å². The van der Waals surface area contributed by atoms with Crippen molar-refractivity contribution < 1.29 is 9.84 Å². The lowest BCUT2D eigenvalue weighted by molar-refractivity contribution is -0.0473. The number of aliphatic hydroxyl groups excluding tert-OH is 1. The summed E-state index contributed by atoms with van der Waals surface area (Å²) >= 11 is 0. The summed E-state index contributed by atoms with van der Waals surface area (Å²) in [6.45, 7) is 5.32. The molecule has 126 valence electrons. The van der Waals surface area contributed by atoms with E-state index < -0.39 is 6.10 Å². The van der Waals surface area contributed by atoms with Gasteiger partial charge in [0.1, 0.15) is 11.9 Å². The predicted octanol–water partition coefficient (Wildman–Crippen LogP) is 0.388. The highest BCUT2D eigenvalue weighted by Gasteiger charge is 2.26. The van der Waals surface area contributed by atoms with Gasteiger partial charge in [-0.05, 0) is 12.5 Å². The first-order chi connectivity index (χ1) is 11.2. The summed E-state index contributed by atoms with van der Waals surface area (Å²) in [7, 11) is 0. The Morgan fingerprint density at radius 2 is 2.39 bits per heavy atom. The van der Waals surface area contributed by atoms with E-state index in [0.717, 1.165) is 25.2 Å². The van der Waals surface area contributed by atoms with E-state index in [2.05, 4.69) is 32.1 Å². The van der Waals surface area contributed by atoms with Crippen LogP contribution in [0.4, 0.5) is 0 Å². The lowest BCUT2D eigenvalue weighted by Crippen LogP contribution is -2.43. The lowest BCUT2D eigenvalue weighted by atomic mass is 10.2. The number of nitrogens with zero attached hydrogens (tertiary/aromatic N) is 5. The topological polar surface area (TPSA) is 92.1 Å². The highest BCUT2D eigenvalue weighted by atomic mass is 16.5. The van der Waals surface area contributed by atoms with Crippen molar-refractivity contribution in [2.45, 2.75) is 38.5 Å². The number of hydrogen-bond donors (Lipinski definition) is 2. The summed E-state index contributed by atoms with van der Waals surface area (Å²) in [5, 5.41) is 21.6. The summed E-state index contributed by atoms with van der Waals surface area (Å²) in [6.07, 6.45) is 4.90. The first kappa shape index (κ1) is 16.1. The lowest BCUT2D eigenvalue weighted by Gasteiger charge is -2.32. The molecule has 0 spiro atoms. The molecular formula is C15H24N6O2. The molecule has 2 aromatic heterocycles. The van der Waals surface area contributed by atoms with Gasteiger partial charge in [-0.1, -0.05) is 6.92 Å². The number of ether oxygens (including phenoxy) is 1. The minimum Gasteiger partial charge on any atom is -0.390 e. The Labute approximate surface area is 135 Å². The second kappa shape index (κ2) is 7.67. The molecule has 0 bridgehead atoms. The van der Waals surface area contributed by atoms with E-state index in [1.54, 1.807) is 10.9 Å². The van der Waals surface area contributed by atoms with Crippen molar-refractivity contribution in [2.75, 3.05) is 26.2 Å². The largest absolute Gasteiger partial charge is 0.390 e. The van der Waals surface area contributed by atoms with Crippen LogP contribution in [-0.2, 0) is 17.7 Å². The van der Waals surface area contributed by atoms with Crippen molar-refractivity contribution in [3.63, 3.8) is 0 Å². The third-order valence-corrected chi connectivity index (χ3v) is 3.90. The van der Waals surface area contributed by atoms with Crippen LogP contribution in [0.15, 0.2) is 18.5 Å². The van der Waals surface area contributed by atoms with Gasteiger partial charge in [0, 0.05) is 38.4 Å². The van der Waals surface area contributed by atoms with E-state index in [9.17, 15) is 5.11 Å². The molecule has 3 rings (SSSR count). The molecule has 2 aromatic rings. The normalized spacial score (nSPS) is 20.7. The molecule has 3 heterocycles. The van der Waals surface area contributed by atoms with Gasteiger partial charge in [0.15, 0.2) is 5.82 Å². The van der Waals surface area contributed by atoms with Crippen molar-refractivity contribution in [1.29, 1.82) is 0 Å². The van der Waals surface area contributed by atoms with Crippen molar-refractivity contribution in [3.05, 3.63) is 30.1 Å². The summed E-state index contributed by atoms with van der Waals surface area (Å²) in [5.74, 6) is 1.61. The quantitative estimate of drug-likeness (QED) is 0.767. The molecule has 0 radical (unpaired) electrons. The smallest absolute Gasteiger partial charge is 0.180 e. The van der Waals surface area contributed by atoms with Crippen LogP contribution in [0.3, 0.4) is 0 Å². The molecule has 0 amide bonds. The van der Waals surface area contributed by atoms with Crippen LogP contribution < -0.4 is 0 Å². The molecule has 8 heteroatoms. The number of aromatic amines is 1. The van der Waals surface area contributed by atoms with Gasteiger partial charge in [0.25, 0.3) is 0 Å². The Balaban J connectivity index is 1.52. The predicted molar refractivity (Wildman–Crippen MR) is 83.7 cm³/mol. The second-order valence-corrected chi connectivity index (χ2v) is 5.89. The van der Waals surface area contributed by atoms with Crippen LogP contribution in [-0.4, -0.2) is 67.3 Å². The minimum absolute atomic E-state index is 0.137. The zero-order chi connectivity index (χ0) is 16.1. The fourth-order valence-electron chi connectivity index (χ4n) is 2.81. The average molecular weight is 320 g/mol. The molecule has 1 saturated heterocycles. The Kier molecular flexibility index (Phi) is 5.37. The standard InChI is InChI=1S/C15H24N6O2/c1-2-4-14-17-15(19-18-14)13-11-20(7-8-23-13)9-12(22)10-21-6-3-5-16-21/h3,5-6,12-13,22H,2,4,7-11H2,1H3,(H,17,18,19). The maximum absolute atomic E-state index is 10.2. The van der Waals surface area contributed by atoms with Crippen LogP contribution in [0.25, 0.3) is 0 Å². The van der Waals surface area contributed by atoms with E-state index in [0.29, 0.717) is 32.1 Å². The molecule has 1 aliphatic rings. The van der Waals surface area contributed by atoms with Crippen molar-refractivity contribution in [1.82, 2.24) is 29.9 Å². The number of aliphatic hydroxyl groups is 1. The third-order valence-electron chi connectivity index (χ3n) is 3.90. The number of hydrogen-bond acceptors (Lipinski definition) is 6. The van der Waals surface area contributed by atoms with Crippen LogP contribution in [0, 0.1) is 0 Å². The highest BCUT2D eigenvalue weighted by molar-refractivity contribution is 4.97. The molecule has 0 aromatic carbocycles. The summed E-state index contributed by atoms with van der Waals surface area (Å²) in [4.78, 5) is 6.70. The minimum atomic E-state index is -0.462. The summed E-state index contributed by atoms with van der Waals surface area (Å²) in [6, 6.07) is 1.86. The maximum Gasteiger partial charge on any atom is 0.180 e. The number of nitrogens with one attached hydrogen (secondary N) is 1. The molecule has 0 aliphatic carbocycles. The van der Waals surface area contributed by atoms with Crippen LogP contribution in [0.5, 0.6) is 0 Å². The number of H-pyrrole nitrogens is 1. The van der Waals surface area contributed by atoms with Gasteiger partial charge < -0.3 is 9.84 Å². The van der Waals surface area contributed by atoms with Gasteiger partial charge in [-0.15, -0.1) is 0 Å². The van der Waals surface area contributed by atoms with Gasteiger partial charge in [-0.25, -0.2) is 4.98 Å². The Bertz CT molecular complexity index is 585. The van der Waals surface area contributed by atoms with Gasteiger partial charge in [-0.3, -0.25) is 14.7 Å². The van der Waals surface area contributed by atoms with E-state index in [1.807, 2.05) is 12.3 Å². The molecule has 2 atom stereocenters. The zero-order valence-corrected chi connectivity index (χ0v) is 13.4. The zero-order valence-electron chi connectivity index (χ0n) is 13.4. The fraction of sp³-hybridized carbons (Fsp3) is 0.667. The Hall–Kier alpha value is -1.77. The number of aromatic nitrogens is 5. The third kappa shape index (κ3) is 4.37. The Morgan fingerprint density at radius 3 is 3.17 bits per heavy atom. The molecule has 2 N–H and O–H groups in total. The van der Waals surface area contributed by atoms with Gasteiger partial charge >= 0.3 is 0 Å². The summed E-state index contributed by atoms with van der Waals surface area (Å²) in [5.41, 5.74) is 0. The Morgan fingerprint density at radius 1 is 1.48 bits per heavy atom. The molecule has 0 saturated carbocycles. The fourth-order valence-corrected chi connectivity index (χ4v) is 2.81. The number of aryl methyl sites for hydroxylation is 1. The van der Waals surface area contributed by atoms with Crippen LogP contribution in [0.1, 0.15) is 31.1 Å². The average Bonchev–Trinajstić information content (AvgIpc) is 3.20. The monoisotopic (exact) mass is 320 g/mol. The molecule has 8 nitrogen and oxygen atoms in total. The van der Waals surface area contributed by atoms with Gasteiger partial charge in [0.05, 0.1) is 19.3 Å². The van der Waals surface area contributed by atoms with Gasteiger partial charge in [0.2, 0.25) is 0 Å². The molecule has 1 aliphatic heterocycles. The molecule has 23 heavy (non-hydrogen) atoms. The highest BCUT2D eigenvalue weighted by Crippen LogP contribution is 2.19. The molecule has 1 fully saturated rings. The SMILES string of the molecule is CCCc1nc(C2CN(CC(O)Cn3cccn3)CCO2)n[nH]1. The number of morpholine rings is 1. The number of β-amino-alcohol motifs (C(OH)–C–C–N with tert-alkyl or cyclic N) is 1. The second-order valence-electron chi connectivity index (χ2n) is 5.89. The van der Waals surface area contributed by atoms with E-state index >= 15 is 0 Å². The van der Waals surface area contributed by atoms with Crippen LogP contribution >= 0.6 is 0 Å².